The Morgan fingerprint density at radius 3 is 2.40 bits per heavy atom. The molecule has 5 heteroatoms. The lowest BCUT2D eigenvalue weighted by molar-refractivity contribution is -0.131. The monoisotopic (exact) mass is 274 g/mol. The molecule has 1 aliphatic rings. The van der Waals surface area contributed by atoms with Crippen LogP contribution >= 0.6 is 0 Å². The van der Waals surface area contributed by atoms with E-state index in [9.17, 15) is 9.59 Å². The predicted molar refractivity (Wildman–Crippen MR) is 77.5 cm³/mol. The highest BCUT2D eigenvalue weighted by molar-refractivity contribution is 5.90. The highest BCUT2D eigenvalue weighted by atomic mass is 16.4. The van der Waals surface area contributed by atoms with Crippen LogP contribution in [0.4, 0.5) is 10.5 Å². The van der Waals surface area contributed by atoms with Crippen molar-refractivity contribution in [3.8, 4) is 0 Å². The van der Waals surface area contributed by atoms with Crippen LogP contribution in [-0.2, 0) is 4.79 Å². The first-order valence-corrected chi connectivity index (χ1v) is 6.72. The third kappa shape index (κ3) is 4.42. The number of urea groups is 1. The maximum atomic E-state index is 11.8. The van der Waals surface area contributed by atoms with Crippen molar-refractivity contribution >= 4 is 23.8 Å². The topological polar surface area (TPSA) is 78.4 Å². The van der Waals surface area contributed by atoms with Gasteiger partial charge >= 0.3 is 12.0 Å². The van der Waals surface area contributed by atoms with E-state index in [0.717, 1.165) is 24.5 Å². The van der Waals surface area contributed by atoms with E-state index < -0.39 is 5.97 Å². The van der Waals surface area contributed by atoms with E-state index in [0.29, 0.717) is 5.69 Å². The first-order chi connectivity index (χ1) is 9.63. The maximum absolute atomic E-state index is 11.8. The number of carboxylic acids is 1. The Morgan fingerprint density at radius 2 is 1.80 bits per heavy atom. The van der Waals surface area contributed by atoms with E-state index in [1.54, 1.807) is 24.3 Å². The third-order valence-corrected chi connectivity index (χ3v) is 3.28. The van der Waals surface area contributed by atoms with E-state index in [-0.39, 0.29) is 12.1 Å². The molecule has 0 bridgehead atoms. The minimum Gasteiger partial charge on any atom is -0.478 e. The first kappa shape index (κ1) is 14.1. The van der Waals surface area contributed by atoms with Gasteiger partial charge in [0.1, 0.15) is 0 Å². The van der Waals surface area contributed by atoms with Gasteiger partial charge in [0, 0.05) is 17.8 Å². The Labute approximate surface area is 117 Å². The largest absolute Gasteiger partial charge is 0.478 e. The normalized spacial score (nSPS) is 15.4. The molecule has 20 heavy (non-hydrogen) atoms. The Morgan fingerprint density at radius 1 is 1.15 bits per heavy atom. The molecule has 3 N–H and O–H groups in total. The lowest BCUT2D eigenvalue weighted by Gasteiger charge is -2.12. The van der Waals surface area contributed by atoms with Crippen LogP contribution in [0.3, 0.4) is 0 Å². The van der Waals surface area contributed by atoms with Gasteiger partial charge in [0.2, 0.25) is 0 Å². The average molecular weight is 274 g/mol. The molecule has 2 rings (SSSR count). The van der Waals surface area contributed by atoms with Gasteiger partial charge in [-0.05, 0) is 36.6 Å². The molecule has 1 fully saturated rings. The second-order valence-electron chi connectivity index (χ2n) is 4.87. The third-order valence-electron chi connectivity index (χ3n) is 3.28. The summed E-state index contributed by atoms with van der Waals surface area (Å²) in [6.45, 7) is 0. The number of amides is 2. The van der Waals surface area contributed by atoms with E-state index in [1.807, 2.05) is 0 Å². The van der Waals surface area contributed by atoms with Crippen LogP contribution in [0.25, 0.3) is 6.08 Å². The molecule has 1 aromatic rings. The van der Waals surface area contributed by atoms with Crippen LogP contribution in [0.5, 0.6) is 0 Å². The Bertz CT molecular complexity index is 502. The van der Waals surface area contributed by atoms with Crippen LogP contribution in [0.15, 0.2) is 30.3 Å². The van der Waals surface area contributed by atoms with Gasteiger partial charge in [-0.1, -0.05) is 25.0 Å². The maximum Gasteiger partial charge on any atom is 0.328 e. The molecule has 0 heterocycles. The van der Waals surface area contributed by atoms with Crippen molar-refractivity contribution in [1.29, 1.82) is 0 Å². The van der Waals surface area contributed by atoms with Crippen molar-refractivity contribution < 1.29 is 14.7 Å². The highest BCUT2D eigenvalue weighted by Gasteiger charge is 2.16. The smallest absolute Gasteiger partial charge is 0.328 e. The minimum atomic E-state index is -0.983. The van der Waals surface area contributed by atoms with Gasteiger partial charge in [0.25, 0.3) is 0 Å². The number of carbonyl (C=O) groups excluding carboxylic acids is 1. The number of anilines is 1. The second-order valence-corrected chi connectivity index (χ2v) is 4.87. The summed E-state index contributed by atoms with van der Waals surface area (Å²) < 4.78 is 0. The predicted octanol–water partition coefficient (Wildman–Crippen LogP) is 2.85. The Kier molecular flexibility index (Phi) is 4.76. The molecule has 0 aliphatic heterocycles. The van der Waals surface area contributed by atoms with Gasteiger partial charge in [-0.2, -0.15) is 0 Å². The number of aliphatic carboxylic acids is 1. The number of carboxylic acid groups (broad SMARTS) is 1. The van der Waals surface area contributed by atoms with Crippen LogP contribution in [0.2, 0.25) is 0 Å². The van der Waals surface area contributed by atoms with Gasteiger partial charge in [0.15, 0.2) is 0 Å². The lowest BCUT2D eigenvalue weighted by Crippen LogP contribution is -2.36. The van der Waals surface area contributed by atoms with Gasteiger partial charge in [-0.25, -0.2) is 9.59 Å². The first-order valence-electron chi connectivity index (χ1n) is 6.72. The van der Waals surface area contributed by atoms with Crippen molar-refractivity contribution in [2.45, 2.75) is 31.7 Å². The molecule has 0 saturated heterocycles. The lowest BCUT2D eigenvalue weighted by atomic mass is 10.2. The number of benzene rings is 1. The van der Waals surface area contributed by atoms with Gasteiger partial charge in [0.05, 0.1) is 0 Å². The van der Waals surface area contributed by atoms with Crippen molar-refractivity contribution in [2.24, 2.45) is 0 Å². The summed E-state index contributed by atoms with van der Waals surface area (Å²) in [6.07, 6.45) is 7.03. The molecule has 0 radical (unpaired) electrons. The highest BCUT2D eigenvalue weighted by Crippen LogP contribution is 2.18. The standard InChI is InChI=1S/C15H18N2O3/c18-14(19)10-7-11-5-8-13(9-6-11)17-15(20)16-12-3-1-2-4-12/h5-10,12H,1-4H2,(H,18,19)(H2,16,17,20)/b10-7+. The number of rotatable bonds is 4. The van der Waals surface area contributed by atoms with Gasteiger partial charge in [-0.3, -0.25) is 0 Å². The molecule has 0 aromatic heterocycles. The van der Waals surface area contributed by atoms with Crippen LogP contribution in [0.1, 0.15) is 31.2 Å². The average Bonchev–Trinajstić information content (AvgIpc) is 2.90. The SMILES string of the molecule is O=C(O)/C=C/c1ccc(NC(=O)NC2CCCC2)cc1. The number of hydrogen-bond acceptors (Lipinski definition) is 2. The zero-order valence-electron chi connectivity index (χ0n) is 11.1. The Balaban J connectivity index is 1.86. The molecular formula is C15H18N2O3. The molecule has 5 nitrogen and oxygen atoms in total. The molecular weight excluding hydrogens is 256 g/mol. The summed E-state index contributed by atoms with van der Waals surface area (Å²) in [5.74, 6) is -0.983. The summed E-state index contributed by atoms with van der Waals surface area (Å²) in [4.78, 5) is 22.2. The number of hydrogen-bond donors (Lipinski definition) is 3. The van der Waals surface area contributed by atoms with Crippen molar-refractivity contribution in [3.63, 3.8) is 0 Å². The summed E-state index contributed by atoms with van der Waals surface area (Å²) in [5.41, 5.74) is 1.46. The molecule has 1 aromatic carbocycles. The van der Waals surface area contributed by atoms with Crippen molar-refractivity contribution in [2.75, 3.05) is 5.32 Å². The van der Waals surface area contributed by atoms with E-state index in [1.165, 1.54) is 18.9 Å². The zero-order chi connectivity index (χ0) is 14.4. The van der Waals surface area contributed by atoms with Gasteiger partial charge in [-0.15, -0.1) is 0 Å². The summed E-state index contributed by atoms with van der Waals surface area (Å²) in [7, 11) is 0. The quantitative estimate of drug-likeness (QED) is 0.739. The Hall–Kier alpha value is -2.30. The van der Waals surface area contributed by atoms with Crippen molar-refractivity contribution in [3.05, 3.63) is 35.9 Å². The summed E-state index contributed by atoms with van der Waals surface area (Å²) in [6, 6.07) is 7.10. The van der Waals surface area contributed by atoms with Crippen LogP contribution in [0, 0.1) is 0 Å². The van der Waals surface area contributed by atoms with E-state index >= 15 is 0 Å². The van der Waals surface area contributed by atoms with Crippen molar-refractivity contribution in [1.82, 2.24) is 5.32 Å². The summed E-state index contributed by atoms with van der Waals surface area (Å²) >= 11 is 0. The fourth-order valence-electron chi connectivity index (χ4n) is 2.27. The molecule has 1 aliphatic carbocycles. The van der Waals surface area contributed by atoms with Crippen LogP contribution < -0.4 is 10.6 Å². The van der Waals surface area contributed by atoms with E-state index in [2.05, 4.69) is 10.6 Å². The van der Waals surface area contributed by atoms with Gasteiger partial charge < -0.3 is 15.7 Å². The number of nitrogens with one attached hydrogen (secondary N) is 2. The molecule has 0 atom stereocenters. The molecule has 106 valence electrons. The second kappa shape index (κ2) is 6.75. The molecule has 0 spiro atoms. The zero-order valence-corrected chi connectivity index (χ0v) is 11.1. The number of carbonyl (C=O) groups is 2. The fraction of sp³-hybridized carbons (Fsp3) is 0.333. The minimum absolute atomic E-state index is 0.189. The summed E-state index contributed by atoms with van der Waals surface area (Å²) in [5, 5.41) is 14.2. The molecule has 2 amide bonds. The molecule has 0 unspecified atom stereocenters. The fourth-order valence-corrected chi connectivity index (χ4v) is 2.27. The van der Waals surface area contributed by atoms with Crippen LogP contribution in [-0.4, -0.2) is 23.1 Å². The molecule has 1 saturated carbocycles. The van der Waals surface area contributed by atoms with E-state index in [4.69, 9.17) is 5.11 Å².